The Morgan fingerprint density at radius 2 is 1.83 bits per heavy atom. The number of hydrogen-bond donors (Lipinski definition) is 2. The second-order valence-corrected chi connectivity index (χ2v) is 6.98. The fourth-order valence-electron chi connectivity index (χ4n) is 4.04. The number of rotatable bonds is 3. The van der Waals surface area contributed by atoms with Gasteiger partial charge in [0.15, 0.2) is 0 Å². The zero-order chi connectivity index (χ0) is 15.7. The number of amides is 1. The maximum atomic E-state index is 12.5. The Morgan fingerprint density at radius 1 is 1.21 bits per heavy atom. The molecule has 136 valence electrons. The number of pyridine rings is 1. The molecule has 2 bridgehead atoms. The van der Waals surface area contributed by atoms with Crippen molar-refractivity contribution in [2.45, 2.75) is 44.2 Å². The third kappa shape index (κ3) is 4.52. The van der Waals surface area contributed by atoms with Crippen LogP contribution in [0.2, 0.25) is 0 Å². The third-order valence-electron chi connectivity index (χ3n) is 5.14. The van der Waals surface area contributed by atoms with Gasteiger partial charge in [0.1, 0.15) is 5.82 Å². The molecule has 7 heteroatoms. The number of aromatic nitrogens is 1. The highest BCUT2D eigenvalue weighted by Crippen LogP contribution is 2.39. The lowest BCUT2D eigenvalue weighted by atomic mass is 9.67. The molecule has 0 saturated heterocycles. The number of anilines is 1. The molecular formula is C17H28Cl2N4O. The number of nitrogens with zero attached hydrogens (tertiary/aromatic N) is 2. The zero-order valence-electron chi connectivity index (χ0n) is 14.3. The third-order valence-corrected chi connectivity index (χ3v) is 5.14. The van der Waals surface area contributed by atoms with Crippen LogP contribution in [-0.4, -0.2) is 37.1 Å². The summed E-state index contributed by atoms with van der Waals surface area (Å²) in [5, 5.41) is 3.26. The molecule has 1 heterocycles. The van der Waals surface area contributed by atoms with Gasteiger partial charge < -0.3 is 16.0 Å². The van der Waals surface area contributed by atoms with Crippen molar-refractivity contribution in [2.24, 2.45) is 17.6 Å². The molecule has 2 atom stereocenters. The van der Waals surface area contributed by atoms with Crippen LogP contribution in [0.25, 0.3) is 0 Å². The first-order valence-corrected chi connectivity index (χ1v) is 8.24. The van der Waals surface area contributed by atoms with E-state index in [4.69, 9.17) is 5.73 Å². The number of nitrogens with two attached hydrogens (primary N) is 1. The van der Waals surface area contributed by atoms with Crippen LogP contribution >= 0.6 is 24.8 Å². The summed E-state index contributed by atoms with van der Waals surface area (Å²) in [4.78, 5) is 18.8. The van der Waals surface area contributed by atoms with Gasteiger partial charge in [-0.25, -0.2) is 4.98 Å². The van der Waals surface area contributed by atoms with Crippen LogP contribution in [0.5, 0.6) is 0 Å². The van der Waals surface area contributed by atoms with Gasteiger partial charge in [0.05, 0.1) is 5.56 Å². The molecule has 3 rings (SSSR count). The first-order valence-electron chi connectivity index (χ1n) is 8.24. The fourth-order valence-corrected chi connectivity index (χ4v) is 4.04. The standard InChI is InChI=1S/C17H26N4O.2ClH/c1-21(2)15-7-6-13(10-19-15)17(22)20-16-11-4-3-5-12(16)9-14(18)8-11;;/h6-7,10-12,14,16H,3-5,8-9,18H2,1-2H3,(H,20,22);2*1H. The molecular weight excluding hydrogens is 347 g/mol. The average Bonchev–Trinajstić information content (AvgIpc) is 2.48. The van der Waals surface area contributed by atoms with Gasteiger partial charge in [0.2, 0.25) is 0 Å². The summed E-state index contributed by atoms with van der Waals surface area (Å²) in [6, 6.07) is 4.33. The van der Waals surface area contributed by atoms with Crippen LogP contribution < -0.4 is 16.0 Å². The van der Waals surface area contributed by atoms with Crippen molar-refractivity contribution in [3.63, 3.8) is 0 Å². The van der Waals surface area contributed by atoms with Gasteiger partial charge in [-0.15, -0.1) is 24.8 Å². The van der Waals surface area contributed by atoms with E-state index in [-0.39, 0.29) is 36.8 Å². The average molecular weight is 375 g/mol. The Hall–Kier alpha value is -1.04. The number of hydrogen-bond acceptors (Lipinski definition) is 4. The molecule has 2 saturated carbocycles. The minimum absolute atomic E-state index is 0. The van der Waals surface area contributed by atoms with E-state index >= 15 is 0 Å². The number of halogens is 2. The number of carbonyl (C=O) groups is 1. The Kier molecular flexibility index (Phi) is 7.77. The number of nitrogens with one attached hydrogen (secondary N) is 1. The molecule has 2 aliphatic carbocycles. The monoisotopic (exact) mass is 374 g/mol. The van der Waals surface area contributed by atoms with Crippen molar-refractivity contribution in [3.05, 3.63) is 23.9 Å². The SMILES string of the molecule is CN(C)c1ccc(C(=O)NC2C3CCCC2CC(N)C3)cn1.Cl.Cl. The fraction of sp³-hybridized carbons (Fsp3) is 0.647. The highest BCUT2D eigenvalue weighted by atomic mass is 35.5. The predicted molar refractivity (Wildman–Crippen MR) is 102 cm³/mol. The minimum Gasteiger partial charge on any atom is -0.363 e. The molecule has 24 heavy (non-hydrogen) atoms. The van der Waals surface area contributed by atoms with Gasteiger partial charge in [0, 0.05) is 32.4 Å². The van der Waals surface area contributed by atoms with Crippen molar-refractivity contribution in [1.29, 1.82) is 0 Å². The molecule has 2 fully saturated rings. The summed E-state index contributed by atoms with van der Waals surface area (Å²) in [6.07, 6.45) is 7.39. The molecule has 1 amide bonds. The van der Waals surface area contributed by atoms with E-state index in [2.05, 4.69) is 10.3 Å². The molecule has 2 aliphatic rings. The molecule has 0 aliphatic heterocycles. The van der Waals surface area contributed by atoms with Crippen LogP contribution in [0.4, 0.5) is 5.82 Å². The van der Waals surface area contributed by atoms with Crippen molar-refractivity contribution >= 4 is 36.5 Å². The number of fused-ring (bicyclic) bond motifs is 2. The van der Waals surface area contributed by atoms with Crippen LogP contribution in [0.15, 0.2) is 18.3 Å². The molecule has 1 aromatic rings. The lowest BCUT2D eigenvalue weighted by Gasteiger charge is -2.45. The van der Waals surface area contributed by atoms with E-state index in [0.29, 0.717) is 23.4 Å². The maximum absolute atomic E-state index is 12.5. The van der Waals surface area contributed by atoms with Gasteiger partial charge in [-0.05, 0) is 49.7 Å². The molecule has 0 aromatic carbocycles. The summed E-state index contributed by atoms with van der Waals surface area (Å²) in [6.45, 7) is 0. The molecule has 5 nitrogen and oxygen atoms in total. The summed E-state index contributed by atoms with van der Waals surface area (Å²) >= 11 is 0. The maximum Gasteiger partial charge on any atom is 0.253 e. The molecule has 3 N–H and O–H groups in total. The van der Waals surface area contributed by atoms with Crippen molar-refractivity contribution in [1.82, 2.24) is 10.3 Å². The molecule has 0 spiro atoms. The highest BCUT2D eigenvalue weighted by Gasteiger charge is 2.39. The van der Waals surface area contributed by atoms with E-state index in [1.54, 1.807) is 6.20 Å². The Balaban J connectivity index is 0.00000144. The van der Waals surface area contributed by atoms with Crippen molar-refractivity contribution in [2.75, 3.05) is 19.0 Å². The van der Waals surface area contributed by atoms with Crippen molar-refractivity contribution < 1.29 is 4.79 Å². The van der Waals surface area contributed by atoms with Crippen LogP contribution in [-0.2, 0) is 0 Å². The Bertz CT molecular complexity index is 524. The summed E-state index contributed by atoms with van der Waals surface area (Å²) < 4.78 is 0. The summed E-state index contributed by atoms with van der Waals surface area (Å²) in [5.74, 6) is 1.94. The predicted octanol–water partition coefficient (Wildman–Crippen LogP) is 2.63. The largest absolute Gasteiger partial charge is 0.363 e. The van der Waals surface area contributed by atoms with E-state index in [9.17, 15) is 4.79 Å². The molecule has 1 aromatic heterocycles. The summed E-state index contributed by atoms with van der Waals surface area (Å²) in [7, 11) is 3.88. The second kappa shape index (κ2) is 8.88. The topological polar surface area (TPSA) is 71.2 Å². The Labute approximate surface area is 156 Å². The van der Waals surface area contributed by atoms with Gasteiger partial charge in [0.25, 0.3) is 5.91 Å². The summed E-state index contributed by atoms with van der Waals surface area (Å²) in [5.41, 5.74) is 6.78. The van der Waals surface area contributed by atoms with E-state index in [1.165, 1.54) is 19.3 Å². The van der Waals surface area contributed by atoms with E-state index in [0.717, 1.165) is 18.7 Å². The van der Waals surface area contributed by atoms with Crippen molar-refractivity contribution in [3.8, 4) is 0 Å². The first-order chi connectivity index (χ1) is 10.5. The van der Waals surface area contributed by atoms with Gasteiger partial charge >= 0.3 is 0 Å². The number of carbonyl (C=O) groups excluding carboxylic acids is 1. The lowest BCUT2D eigenvalue weighted by molar-refractivity contribution is 0.0755. The lowest BCUT2D eigenvalue weighted by Crippen LogP contribution is -2.53. The quantitative estimate of drug-likeness (QED) is 0.852. The second-order valence-electron chi connectivity index (χ2n) is 6.98. The molecule has 2 unspecified atom stereocenters. The zero-order valence-corrected chi connectivity index (χ0v) is 15.9. The van der Waals surface area contributed by atoms with Gasteiger partial charge in [-0.3, -0.25) is 4.79 Å². The minimum atomic E-state index is -0.00447. The van der Waals surface area contributed by atoms with Crippen LogP contribution in [0.3, 0.4) is 0 Å². The van der Waals surface area contributed by atoms with Gasteiger partial charge in [-0.2, -0.15) is 0 Å². The highest BCUT2D eigenvalue weighted by molar-refractivity contribution is 5.94. The van der Waals surface area contributed by atoms with E-state index < -0.39 is 0 Å². The first kappa shape index (κ1) is 21.0. The van der Waals surface area contributed by atoms with Crippen LogP contribution in [0.1, 0.15) is 42.5 Å². The Morgan fingerprint density at radius 3 is 2.33 bits per heavy atom. The normalized spacial score (nSPS) is 28.1. The van der Waals surface area contributed by atoms with Crippen LogP contribution in [0, 0.1) is 11.8 Å². The molecule has 0 radical (unpaired) electrons. The van der Waals surface area contributed by atoms with Gasteiger partial charge in [-0.1, -0.05) is 6.42 Å². The smallest absolute Gasteiger partial charge is 0.253 e. The van der Waals surface area contributed by atoms with E-state index in [1.807, 2.05) is 31.1 Å².